The fourth-order valence-electron chi connectivity index (χ4n) is 3.34. The fourth-order valence-corrected chi connectivity index (χ4v) is 3.34. The van der Waals surface area contributed by atoms with Crippen LogP contribution in [0.1, 0.15) is 27.9 Å². The molecule has 4 heteroatoms. The highest BCUT2D eigenvalue weighted by Gasteiger charge is 2.27. The third-order valence-corrected chi connectivity index (χ3v) is 4.83. The van der Waals surface area contributed by atoms with Gasteiger partial charge in [0.2, 0.25) is 0 Å². The largest absolute Gasteiger partial charge is 0.488 e. The van der Waals surface area contributed by atoms with Gasteiger partial charge in [-0.3, -0.25) is 4.79 Å². The molecule has 25 heavy (non-hydrogen) atoms. The van der Waals surface area contributed by atoms with Crippen LogP contribution in [0.4, 0.5) is 0 Å². The predicted octanol–water partition coefficient (Wildman–Crippen LogP) is 3.26. The maximum Gasteiger partial charge on any atom is 0.257 e. The van der Waals surface area contributed by atoms with Gasteiger partial charge in [0.1, 0.15) is 12.4 Å². The van der Waals surface area contributed by atoms with Crippen LogP contribution >= 0.6 is 0 Å². The summed E-state index contributed by atoms with van der Waals surface area (Å²) in [6, 6.07) is 15.7. The van der Waals surface area contributed by atoms with Crippen LogP contribution < -0.4 is 10.1 Å². The maximum absolute atomic E-state index is 12.9. The summed E-state index contributed by atoms with van der Waals surface area (Å²) < 4.78 is 6.00. The highest BCUT2D eigenvalue weighted by Crippen LogP contribution is 2.25. The van der Waals surface area contributed by atoms with Crippen molar-refractivity contribution in [2.24, 2.45) is 5.92 Å². The molecule has 4 nitrogen and oxygen atoms in total. The number of nitrogens with one attached hydrogen (secondary N) is 1. The van der Waals surface area contributed by atoms with Gasteiger partial charge in [-0.05, 0) is 56.1 Å². The molecule has 1 unspecified atom stereocenters. The molecule has 132 valence electrons. The topological polar surface area (TPSA) is 41.6 Å². The zero-order valence-electron chi connectivity index (χ0n) is 15.0. The Balaban J connectivity index is 1.70. The number of carbonyl (C=O) groups is 1. The number of para-hydroxylation sites is 1. The Morgan fingerprint density at radius 1 is 1.20 bits per heavy atom. The van der Waals surface area contributed by atoms with Crippen molar-refractivity contribution in [1.82, 2.24) is 10.2 Å². The van der Waals surface area contributed by atoms with Gasteiger partial charge in [-0.1, -0.05) is 36.4 Å². The Labute approximate surface area is 149 Å². The molecule has 1 N–H and O–H groups in total. The maximum atomic E-state index is 12.9. The summed E-state index contributed by atoms with van der Waals surface area (Å²) in [5.41, 5.74) is 2.99. The molecule has 0 aromatic heterocycles. The normalized spacial score (nSPS) is 16.9. The van der Waals surface area contributed by atoms with Crippen molar-refractivity contribution in [2.75, 3.05) is 26.7 Å². The van der Waals surface area contributed by atoms with Gasteiger partial charge in [0.15, 0.2) is 0 Å². The van der Waals surface area contributed by atoms with E-state index in [2.05, 4.69) is 24.4 Å². The van der Waals surface area contributed by atoms with Crippen molar-refractivity contribution in [3.05, 3.63) is 65.2 Å². The Hall–Kier alpha value is -2.33. The molecule has 1 saturated heterocycles. The number of ether oxygens (including phenoxy) is 1. The molecule has 0 bridgehead atoms. The zero-order valence-corrected chi connectivity index (χ0v) is 15.0. The smallest absolute Gasteiger partial charge is 0.257 e. The van der Waals surface area contributed by atoms with Crippen molar-refractivity contribution in [3.8, 4) is 5.75 Å². The van der Waals surface area contributed by atoms with E-state index < -0.39 is 0 Å². The number of carbonyl (C=O) groups excluding carboxylic acids is 1. The molecule has 0 aliphatic carbocycles. The molecule has 1 aliphatic rings. The minimum Gasteiger partial charge on any atom is -0.488 e. The molecule has 0 radical (unpaired) electrons. The van der Waals surface area contributed by atoms with E-state index in [9.17, 15) is 4.79 Å². The van der Waals surface area contributed by atoms with E-state index in [1.54, 1.807) is 0 Å². The van der Waals surface area contributed by atoms with Crippen LogP contribution in [0.2, 0.25) is 0 Å². The summed E-state index contributed by atoms with van der Waals surface area (Å²) in [5.74, 6) is 1.26. The van der Waals surface area contributed by atoms with E-state index in [1.807, 2.05) is 48.3 Å². The van der Waals surface area contributed by atoms with Crippen molar-refractivity contribution in [3.63, 3.8) is 0 Å². The molecule has 3 rings (SSSR count). The lowest BCUT2D eigenvalue weighted by molar-refractivity contribution is 0.0782. The minimum absolute atomic E-state index is 0.0685. The molecule has 0 saturated carbocycles. The Bertz CT molecular complexity index is 729. The molecule has 2 aromatic rings. The lowest BCUT2D eigenvalue weighted by Crippen LogP contribution is -2.30. The quantitative estimate of drug-likeness (QED) is 0.879. The fraction of sp³-hybridized carbons (Fsp3) is 0.381. The first-order valence-corrected chi connectivity index (χ1v) is 8.89. The van der Waals surface area contributed by atoms with Gasteiger partial charge in [0.05, 0.1) is 5.56 Å². The highest BCUT2D eigenvalue weighted by atomic mass is 16.5. The second-order valence-electron chi connectivity index (χ2n) is 6.67. The molecule has 1 atom stereocenters. The van der Waals surface area contributed by atoms with Crippen LogP contribution in [0.5, 0.6) is 5.75 Å². The van der Waals surface area contributed by atoms with Crippen molar-refractivity contribution in [2.45, 2.75) is 20.0 Å². The van der Waals surface area contributed by atoms with Crippen LogP contribution in [-0.2, 0) is 6.61 Å². The zero-order chi connectivity index (χ0) is 17.6. The van der Waals surface area contributed by atoms with Crippen LogP contribution in [0.15, 0.2) is 48.5 Å². The number of likely N-dealkylation sites (tertiary alicyclic amines) is 1. The first-order valence-electron chi connectivity index (χ1n) is 8.89. The van der Waals surface area contributed by atoms with E-state index in [0.29, 0.717) is 23.8 Å². The number of benzene rings is 2. The molecule has 1 fully saturated rings. The van der Waals surface area contributed by atoms with Gasteiger partial charge in [-0.15, -0.1) is 0 Å². The lowest BCUT2D eigenvalue weighted by Gasteiger charge is -2.19. The third kappa shape index (κ3) is 4.20. The molecule has 1 heterocycles. The molecule has 2 aromatic carbocycles. The summed E-state index contributed by atoms with van der Waals surface area (Å²) >= 11 is 0. The first-order chi connectivity index (χ1) is 12.2. The number of hydrogen-bond acceptors (Lipinski definition) is 3. The molecule has 1 amide bonds. The highest BCUT2D eigenvalue weighted by molar-refractivity contribution is 5.97. The average Bonchev–Trinajstić information content (AvgIpc) is 3.10. The third-order valence-electron chi connectivity index (χ3n) is 4.83. The summed E-state index contributed by atoms with van der Waals surface area (Å²) in [6.45, 7) is 5.12. The minimum atomic E-state index is 0.0685. The van der Waals surface area contributed by atoms with Gasteiger partial charge in [-0.2, -0.15) is 0 Å². The van der Waals surface area contributed by atoms with Crippen LogP contribution in [0, 0.1) is 12.8 Å². The van der Waals surface area contributed by atoms with Crippen LogP contribution in [0.3, 0.4) is 0 Å². The SMILES string of the molecule is CNCC1CCN(C(=O)c2ccccc2OCc2ccccc2C)C1. The Morgan fingerprint density at radius 2 is 1.96 bits per heavy atom. The number of amides is 1. The summed E-state index contributed by atoms with van der Waals surface area (Å²) in [7, 11) is 1.96. The average molecular weight is 338 g/mol. The Morgan fingerprint density at radius 3 is 2.76 bits per heavy atom. The van der Waals surface area contributed by atoms with E-state index in [0.717, 1.165) is 31.6 Å². The van der Waals surface area contributed by atoms with Crippen molar-refractivity contribution < 1.29 is 9.53 Å². The Kier molecular flexibility index (Phi) is 5.71. The van der Waals surface area contributed by atoms with Gasteiger partial charge in [0, 0.05) is 13.1 Å². The van der Waals surface area contributed by atoms with Gasteiger partial charge in [0.25, 0.3) is 5.91 Å². The van der Waals surface area contributed by atoms with E-state index in [1.165, 1.54) is 5.56 Å². The molecule has 0 spiro atoms. The van der Waals surface area contributed by atoms with Crippen molar-refractivity contribution >= 4 is 5.91 Å². The summed E-state index contributed by atoms with van der Waals surface area (Å²) in [4.78, 5) is 14.9. The summed E-state index contributed by atoms with van der Waals surface area (Å²) in [6.07, 6.45) is 1.05. The van der Waals surface area contributed by atoms with Gasteiger partial charge >= 0.3 is 0 Å². The first kappa shape index (κ1) is 17.5. The second kappa shape index (κ2) is 8.17. The van der Waals surface area contributed by atoms with Crippen molar-refractivity contribution in [1.29, 1.82) is 0 Å². The predicted molar refractivity (Wildman–Crippen MR) is 99.9 cm³/mol. The van der Waals surface area contributed by atoms with E-state index in [4.69, 9.17) is 4.74 Å². The number of aryl methyl sites for hydroxylation is 1. The van der Waals surface area contributed by atoms with E-state index >= 15 is 0 Å². The lowest BCUT2D eigenvalue weighted by atomic mass is 10.1. The van der Waals surface area contributed by atoms with Gasteiger partial charge in [-0.25, -0.2) is 0 Å². The summed E-state index contributed by atoms with van der Waals surface area (Å²) in [5, 5.41) is 3.20. The standard InChI is InChI=1S/C21H26N2O2/c1-16-7-3-4-8-18(16)15-25-20-10-6-5-9-19(20)21(24)23-12-11-17(14-23)13-22-2/h3-10,17,22H,11-15H2,1-2H3. The van der Waals surface area contributed by atoms with Crippen LogP contribution in [-0.4, -0.2) is 37.5 Å². The number of hydrogen-bond donors (Lipinski definition) is 1. The second-order valence-corrected chi connectivity index (χ2v) is 6.67. The monoisotopic (exact) mass is 338 g/mol. The van der Waals surface area contributed by atoms with E-state index in [-0.39, 0.29) is 5.91 Å². The molecule has 1 aliphatic heterocycles. The number of rotatable bonds is 6. The number of nitrogens with zero attached hydrogens (tertiary/aromatic N) is 1. The van der Waals surface area contributed by atoms with Crippen LogP contribution in [0.25, 0.3) is 0 Å². The van der Waals surface area contributed by atoms with Gasteiger partial charge < -0.3 is 15.0 Å². The molecular formula is C21H26N2O2. The molecular weight excluding hydrogens is 312 g/mol.